The standard InChI is InChI=1S/C31H20FN3O/c32-25-13-7-6-12-24(25)27-29(30(36)22-9-2-1-3-10-22)35-26(31(27,18-33)19-34)17-16-21-15-14-20-8-4-5-11-23(20)28(21)35/h1-17,26-27,29H/t26-,27-,29+/m1/s1. The van der Waals surface area contributed by atoms with Crippen LogP contribution in [0.4, 0.5) is 10.1 Å². The van der Waals surface area contributed by atoms with Gasteiger partial charge in [0.05, 0.1) is 23.9 Å². The first kappa shape index (κ1) is 21.8. The zero-order valence-electron chi connectivity index (χ0n) is 19.2. The van der Waals surface area contributed by atoms with Crippen LogP contribution < -0.4 is 4.90 Å². The molecule has 0 aromatic heterocycles. The number of anilines is 1. The van der Waals surface area contributed by atoms with E-state index in [0.29, 0.717) is 5.56 Å². The number of nitrogens with zero attached hydrogens (tertiary/aromatic N) is 3. The van der Waals surface area contributed by atoms with Gasteiger partial charge >= 0.3 is 0 Å². The van der Waals surface area contributed by atoms with Crippen LogP contribution in [-0.2, 0) is 0 Å². The van der Waals surface area contributed by atoms with Crippen molar-refractivity contribution in [2.45, 2.75) is 18.0 Å². The van der Waals surface area contributed by atoms with E-state index in [9.17, 15) is 15.3 Å². The number of rotatable bonds is 3. The minimum atomic E-state index is -1.69. The van der Waals surface area contributed by atoms with E-state index >= 15 is 4.39 Å². The van der Waals surface area contributed by atoms with Crippen LogP contribution in [0.3, 0.4) is 0 Å². The number of ketones is 1. The quantitative estimate of drug-likeness (QED) is 0.332. The van der Waals surface area contributed by atoms with Crippen LogP contribution in [-0.4, -0.2) is 17.9 Å². The maximum atomic E-state index is 15.4. The predicted molar refractivity (Wildman–Crippen MR) is 137 cm³/mol. The summed E-state index contributed by atoms with van der Waals surface area (Å²) < 4.78 is 15.4. The van der Waals surface area contributed by atoms with Crippen LogP contribution in [0, 0.1) is 33.9 Å². The topological polar surface area (TPSA) is 67.9 Å². The van der Waals surface area contributed by atoms with E-state index in [1.165, 1.54) is 6.07 Å². The number of hydrogen-bond acceptors (Lipinski definition) is 4. The first-order chi connectivity index (χ1) is 17.6. The third-order valence-corrected chi connectivity index (χ3v) is 7.46. The highest BCUT2D eigenvalue weighted by atomic mass is 19.1. The Morgan fingerprint density at radius 1 is 0.861 bits per heavy atom. The van der Waals surface area contributed by atoms with Crippen LogP contribution in [0.5, 0.6) is 0 Å². The molecule has 0 spiro atoms. The number of carbonyl (C=O) groups excluding carboxylic acids is 1. The Balaban J connectivity index is 1.70. The van der Waals surface area contributed by atoms with Crippen molar-refractivity contribution in [1.29, 1.82) is 10.5 Å². The van der Waals surface area contributed by atoms with Gasteiger partial charge in [0.1, 0.15) is 11.9 Å². The Labute approximate surface area is 208 Å². The molecule has 0 N–H and O–H groups in total. The van der Waals surface area contributed by atoms with Gasteiger partial charge in [0.2, 0.25) is 0 Å². The molecule has 4 aromatic carbocycles. The molecule has 2 heterocycles. The molecule has 0 unspecified atom stereocenters. The van der Waals surface area contributed by atoms with Gasteiger partial charge < -0.3 is 4.90 Å². The van der Waals surface area contributed by atoms with Crippen molar-refractivity contribution >= 4 is 28.3 Å². The van der Waals surface area contributed by atoms with E-state index < -0.39 is 29.2 Å². The van der Waals surface area contributed by atoms with Gasteiger partial charge in [0.15, 0.2) is 11.2 Å². The largest absolute Gasteiger partial charge is 0.350 e. The lowest BCUT2D eigenvalue weighted by Crippen LogP contribution is -2.44. The third-order valence-electron chi connectivity index (χ3n) is 7.46. The molecule has 1 fully saturated rings. The molecule has 0 aliphatic carbocycles. The van der Waals surface area contributed by atoms with Crippen molar-refractivity contribution in [2.75, 3.05) is 4.90 Å². The molecule has 0 amide bonds. The lowest BCUT2D eigenvalue weighted by molar-refractivity contribution is 0.0950. The summed E-state index contributed by atoms with van der Waals surface area (Å²) >= 11 is 0. The molecular formula is C31H20FN3O. The normalized spacial score (nSPS) is 21.3. The molecule has 0 radical (unpaired) electrons. The second kappa shape index (κ2) is 8.18. The molecule has 0 saturated carbocycles. The second-order valence-electron chi connectivity index (χ2n) is 9.20. The molecule has 4 nitrogen and oxygen atoms in total. The molecule has 0 bridgehead atoms. The van der Waals surface area contributed by atoms with E-state index in [-0.39, 0.29) is 11.3 Å². The van der Waals surface area contributed by atoms with Crippen molar-refractivity contribution in [3.63, 3.8) is 0 Å². The molecule has 2 aliphatic heterocycles. The highest BCUT2D eigenvalue weighted by Crippen LogP contribution is 2.57. The van der Waals surface area contributed by atoms with Crippen LogP contribution in [0.1, 0.15) is 27.4 Å². The van der Waals surface area contributed by atoms with Gasteiger partial charge in [-0.15, -0.1) is 0 Å². The van der Waals surface area contributed by atoms with Crippen molar-refractivity contribution in [3.8, 4) is 12.1 Å². The number of hydrogen-bond donors (Lipinski definition) is 0. The minimum Gasteiger partial charge on any atom is -0.350 e. The van der Waals surface area contributed by atoms with Crippen molar-refractivity contribution in [3.05, 3.63) is 120 Å². The second-order valence-corrected chi connectivity index (χ2v) is 9.20. The fraction of sp³-hybridized carbons (Fsp3) is 0.129. The van der Waals surface area contributed by atoms with Crippen LogP contribution in [0.15, 0.2) is 97.1 Å². The van der Waals surface area contributed by atoms with Gasteiger partial charge in [-0.05, 0) is 22.6 Å². The van der Waals surface area contributed by atoms with Gasteiger partial charge in [-0.25, -0.2) is 4.39 Å². The summed E-state index contributed by atoms with van der Waals surface area (Å²) in [5.41, 5.74) is 0.617. The Kier molecular flexibility index (Phi) is 4.95. The van der Waals surface area contributed by atoms with E-state index in [0.717, 1.165) is 22.0 Å². The average Bonchev–Trinajstić information content (AvgIpc) is 3.23. The molecule has 4 aromatic rings. The van der Waals surface area contributed by atoms with E-state index in [1.54, 1.807) is 42.5 Å². The van der Waals surface area contributed by atoms with Gasteiger partial charge in [-0.3, -0.25) is 4.79 Å². The Morgan fingerprint density at radius 3 is 2.31 bits per heavy atom. The summed E-state index contributed by atoms with van der Waals surface area (Å²) in [4.78, 5) is 16.2. The highest BCUT2D eigenvalue weighted by Gasteiger charge is 2.64. The molecule has 172 valence electrons. The van der Waals surface area contributed by atoms with E-state index in [4.69, 9.17) is 0 Å². The van der Waals surface area contributed by atoms with E-state index in [2.05, 4.69) is 12.1 Å². The van der Waals surface area contributed by atoms with Crippen LogP contribution >= 0.6 is 0 Å². The smallest absolute Gasteiger partial charge is 0.185 e. The highest BCUT2D eigenvalue weighted by molar-refractivity contribution is 6.08. The predicted octanol–water partition coefficient (Wildman–Crippen LogP) is 6.26. The fourth-order valence-corrected chi connectivity index (χ4v) is 5.89. The van der Waals surface area contributed by atoms with Crippen LogP contribution in [0.25, 0.3) is 16.8 Å². The van der Waals surface area contributed by atoms with Gasteiger partial charge in [0.25, 0.3) is 0 Å². The zero-order valence-corrected chi connectivity index (χ0v) is 19.2. The maximum absolute atomic E-state index is 15.4. The minimum absolute atomic E-state index is 0.194. The number of nitriles is 2. The molecule has 2 aliphatic rings. The first-order valence-electron chi connectivity index (χ1n) is 11.7. The number of Topliss-reactive ketones (excluding diaryl/α,β-unsaturated/α-hetero) is 1. The van der Waals surface area contributed by atoms with Crippen molar-refractivity contribution in [2.24, 2.45) is 5.41 Å². The number of carbonyl (C=O) groups is 1. The number of benzene rings is 4. The summed E-state index contributed by atoms with van der Waals surface area (Å²) in [5.74, 6) is -1.80. The van der Waals surface area contributed by atoms with Gasteiger partial charge in [0, 0.05) is 16.9 Å². The van der Waals surface area contributed by atoms with Crippen LogP contribution in [0.2, 0.25) is 0 Å². The summed E-state index contributed by atoms with van der Waals surface area (Å²) in [7, 11) is 0. The number of fused-ring (bicyclic) bond motifs is 5. The van der Waals surface area contributed by atoms with Crippen molar-refractivity contribution < 1.29 is 9.18 Å². The summed E-state index contributed by atoms with van der Waals surface area (Å²) in [5, 5.41) is 23.0. The Morgan fingerprint density at radius 2 is 1.56 bits per heavy atom. The molecule has 6 rings (SSSR count). The van der Waals surface area contributed by atoms with Gasteiger partial charge in [-0.1, -0.05) is 97.1 Å². The molecule has 36 heavy (non-hydrogen) atoms. The molecule has 3 atom stereocenters. The SMILES string of the molecule is N#CC1(C#N)[C@H](c2ccccc2F)[C@@H](C(=O)c2ccccc2)N2c3c(ccc4ccccc34)C=C[C@@H]21. The molecule has 1 saturated heterocycles. The average molecular weight is 470 g/mol. The summed E-state index contributed by atoms with van der Waals surface area (Å²) in [6.07, 6.45) is 3.72. The fourth-order valence-electron chi connectivity index (χ4n) is 5.89. The Hall–Kier alpha value is -4.74. The number of halogens is 1. The van der Waals surface area contributed by atoms with Gasteiger partial charge in [-0.2, -0.15) is 10.5 Å². The summed E-state index contributed by atoms with van der Waals surface area (Å²) in [6, 6.07) is 29.6. The van der Waals surface area contributed by atoms with E-state index in [1.807, 2.05) is 59.5 Å². The molecule has 5 heteroatoms. The zero-order chi connectivity index (χ0) is 24.9. The Bertz CT molecular complexity index is 1620. The first-order valence-corrected chi connectivity index (χ1v) is 11.7. The monoisotopic (exact) mass is 469 g/mol. The third kappa shape index (κ3) is 2.93. The van der Waals surface area contributed by atoms with Crippen molar-refractivity contribution in [1.82, 2.24) is 0 Å². The molecular weight excluding hydrogens is 449 g/mol. The summed E-state index contributed by atoms with van der Waals surface area (Å²) in [6.45, 7) is 0. The lowest BCUT2D eigenvalue weighted by atomic mass is 9.69. The lowest BCUT2D eigenvalue weighted by Gasteiger charge is -2.36. The maximum Gasteiger partial charge on any atom is 0.185 e.